The Morgan fingerprint density at radius 1 is 0.682 bits per heavy atom. The molecular formula is C21H23F19O3S. The predicted octanol–water partition coefficient (Wildman–Crippen LogP) is 9.80. The molecule has 0 amide bonds. The summed E-state index contributed by atoms with van der Waals surface area (Å²) in [4.78, 5) is 0. The van der Waals surface area contributed by atoms with E-state index in [1.807, 2.05) is 0 Å². The van der Waals surface area contributed by atoms with Crippen LogP contribution in [0, 0.1) is 11.8 Å². The summed E-state index contributed by atoms with van der Waals surface area (Å²) in [6, 6.07) is 4.91. The largest absolute Gasteiger partial charge is 0.384 e. The first-order chi connectivity index (χ1) is 19.3. The van der Waals surface area contributed by atoms with Gasteiger partial charge >= 0.3 is 36.0 Å². The minimum atomic E-state index is -7.75. The van der Waals surface area contributed by atoms with E-state index < -0.39 is 81.6 Å². The smallest absolute Gasteiger partial charge is 0.286 e. The van der Waals surface area contributed by atoms with Crippen molar-refractivity contribution in [2.75, 3.05) is 6.26 Å². The number of benzene rings is 1. The van der Waals surface area contributed by atoms with Crippen molar-refractivity contribution < 1.29 is 97.1 Å². The summed E-state index contributed by atoms with van der Waals surface area (Å²) in [7, 11) is -3.67. The maximum absolute atomic E-state index is 15.4. The minimum absolute atomic E-state index is 0.00522. The molecule has 0 aliphatic carbocycles. The summed E-state index contributed by atoms with van der Waals surface area (Å²) in [5.41, 5.74) is -4.67. The third kappa shape index (κ3) is 9.90. The van der Waals surface area contributed by atoms with E-state index in [1.165, 1.54) is 6.07 Å². The average molecular weight is 716 g/mol. The second kappa shape index (κ2) is 15.9. The van der Waals surface area contributed by atoms with E-state index >= 15 is 4.39 Å². The van der Waals surface area contributed by atoms with Crippen LogP contribution in [0.1, 0.15) is 32.8 Å². The van der Waals surface area contributed by atoms with Crippen LogP contribution in [-0.4, -0.2) is 61.2 Å². The van der Waals surface area contributed by atoms with Gasteiger partial charge in [-0.05, 0) is 17.9 Å². The molecule has 3 atom stereocenters. The lowest BCUT2D eigenvalue weighted by molar-refractivity contribution is -0.418. The van der Waals surface area contributed by atoms with E-state index in [0.717, 1.165) is 24.3 Å². The van der Waals surface area contributed by atoms with Gasteiger partial charge in [-0.15, -0.1) is 0 Å². The van der Waals surface area contributed by atoms with Crippen molar-refractivity contribution >= 4 is 10.1 Å². The van der Waals surface area contributed by atoms with Gasteiger partial charge in [0, 0.05) is 31.1 Å². The lowest BCUT2D eigenvalue weighted by Crippen LogP contribution is -2.69. The van der Waals surface area contributed by atoms with Gasteiger partial charge in [0.15, 0.2) is 5.67 Å². The zero-order valence-corrected chi connectivity index (χ0v) is 23.0. The zero-order chi connectivity index (χ0) is 36.6. The van der Waals surface area contributed by atoms with Crippen molar-refractivity contribution in [3.05, 3.63) is 35.9 Å². The van der Waals surface area contributed by atoms with Crippen molar-refractivity contribution in [2.45, 2.75) is 74.8 Å². The third-order valence-electron chi connectivity index (χ3n) is 5.86. The van der Waals surface area contributed by atoms with Crippen LogP contribution >= 0.6 is 0 Å². The molecule has 3 nitrogen and oxygen atoms in total. The van der Waals surface area contributed by atoms with Crippen molar-refractivity contribution in [3.63, 3.8) is 0 Å². The molecule has 0 fully saturated rings. The molecule has 1 aromatic carbocycles. The second-order valence-electron chi connectivity index (χ2n) is 9.03. The van der Waals surface area contributed by atoms with Gasteiger partial charge in [-0.2, -0.15) is 52.3 Å². The second-order valence-corrected chi connectivity index (χ2v) is 10.5. The molecule has 1 N–H and O–H groups in total. The first kappa shape index (κ1) is 46.2. The summed E-state index contributed by atoms with van der Waals surface area (Å²) in [6.45, 7) is 0.421. The van der Waals surface area contributed by atoms with E-state index in [2.05, 4.69) is 0 Å². The quantitative estimate of drug-likeness (QED) is 0.183. The molecule has 0 heterocycles. The highest BCUT2D eigenvalue weighted by Gasteiger charge is 2.88. The van der Waals surface area contributed by atoms with Gasteiger partial charge in [-0.1, -0.05) is 44.2 Å². The van der Waals surface area contributed by atoms with Crippen molar-refractivity contribution in [2.24, 2.45) is 11.8 Å². The molecule has 264 valence electrons. The molecule has 1 rings (SSSR count). The number of rotatable bonds is 11. The molecule has 0 spiro atoms. The SMILES string of the molecule is CC(CC(F)(c1ccccc1)C(C)(F)F)C(C)C(F)(F)C(F)(F)C(F)(F)C(F)(F)C(F)(F)C(F)F.CS(=O)(=O)O.FF.FF. The zero-order valence-electron chi connectivity index (χ0n) is 22.2. The molecule has 23 heteroatoms. The Kier molecular flexibility index (Phi) is 16.7. The molecule has 0 aliphatic rings. The van der Waals surface area contributed by atoms with Crippen molar-refractivity contribution in [3.8, 4) is 0 Å². The molecule has 0 bridgehead atoms. The Morgan fingerprint density at radius 2 is 1.00 bits per heavy atom. The molecule has 0 radical (unpaired) electrons. The highest BCUT2D eigenvalue weighted by molar-refractivity contribution is 7.85. The summed E-state index contributed by atoms with van der Waals surface area (Å²) in [5.74, 6) is -46.5. The van der Waals surface area contributed by atoms with Crippen LogP contribution in [0.2, 0.25) is 0 Å². The Bertz CT molecular complexity index is 1070. The fourth-order valence-electron chi connectivity index (χ4n) is 3.27. The van der Waals surface area contributed by atoms with Gasteiger partial charge in [0.2, 0.25) is 0 Å². The van der Waals surface area contributed by atoms with E-state index in [4.69, 9.17) is 22.8 Å². The van der Waals surface area contributed by atoms with Crippen LogP contribution in [0.3, 0.4) is 0 Å². The lowest BCUT2D eigenvalue weighted by Gasteiger charge is -2.43. The molecule has 44 heavy (non-hydrogen) atoms. The topological polar surface area (TPSA) is 54.4 Å². The Morgan fingerprint density at radius 3 is 1.30 bits per heavy atom. The van der Waals surface area contributed by atoms with Gasteiger partial charge in [0.25, 0.3) is 16.0 Å². The monoisotopic (exact) mass is 716 g/mol. The van der Waals surface area contributed by atoms with Crippen LogP contribution < -0.4 is 0 Å². The Labute approximate surface area is 236 Å². The van der Waals surface area contributed by atoms with E-state index in [1.54, 1.807) is 0 Å². The fraction of sp³-hybridized carbons (Fsp3) is 0.714. The maximum atomic E-state index is 15.4. The first-order valence-electron chi connectivity index (χ1n) is 10.8. The number of hydrogen-bond acceptors (Lipinski definition) is 2. The summed E-state index contributed by atoms with van der Waals surface area (Å²) < 4.78 is 263. The summed E-state index contributed by atoms with van der Waals surface area (Å²) in [5, 5.41) is 0. The van der Waals surface area contributed by atoms with E-state index in [0.29, 0.717) is 13.2 Å². The molecular weight excluding hydrogens is 693 g/mol. The summed E-state index contributed by atoms with van der Waals surface area (Å²) in [6.07, 6.45) is -6.66. The van der Waals surface area contributed by atoms with Crippen LogP contribution in [0.25, 0.3) is 0 Å². The molecule has 0 saturated heterocycles. The van der Waals surface area contributed by atoms with E-state index in [9.17, 15) is 69.9 Å². The van der Waals surface area contributed by atoms with Crippen LogP contribution in [0.4, 0.5) is 84.2 Å². The fourth-order valence-corrected chi connectivity index (χ4v) is 3.27. The molecule has 1 aromatic rings. The Balaban J connectivity index is -0.00000166. The molecule has 0 aromatic heterocycles. The van der Waals surface area contributed by atoms with Crippen molar-refractivity contribution in [1.82, 2.24) is 0 Å². The molecule has 0 aliphatic heterocycles. The predicted molar refractivity (Wildman–Crippen MR) is 115 cm³/mol. The maximum Gasteiger partial charge on any atom is 0.384 e. The summed E-state index contributed by atoms with van der Waals surface area (Å²) >= 11 is 0. The number of alkyl halides is 15. The minimum Gasteiger partial charge on any atom is -0.286 e. The van der Waals surface area contributed by atoms with Gasteiger partial charge in [0.1, 0.15) is 0 Å². The number of hydrogen-bond donors (Lipinski definition) is 1. The highest BCUT2D eigenvalue weighted by Crippen LogP contribution is 2.60. The van der Waals surface area contributed by atoms with Crippen LogP contribution in [-0.2, 0) is 15.8 Å². The van der Waals surface area contributed by atoms with E-state index in [-0.39, 0.29) is 13.8 Å². The van der Waals surface area contributed by atoms with Gasteiger partial charge in [-0.3, -0.25) is 4.55 Å². The highest BCUT2D eigenvalue weighted by atomic mass is 32.2. The van der Waals surface area contributed by atoms with Crippen LogP contribution in [0.15, 0.2) is 30.3 Å². The standard InChI is InChI=1S/C20H19F15.CH4O3S.2F2/c1-10(9-15(25,14(3,23)24)12-7-5-4-6-8-12)11(2)16(26,27)18(30,31)20(34,35)19(32,33)17(28,29)13(21)22;1-5(2,3)4;2*1-2/h4-8,10-11,13H,9H2,1-3H3;1H3,(H,2,3,4);;. The molecule has 0 saturated carbocycles. The van der Waals surface area contributed by atoms with Crippen LogP contribution in [0.5, 0.6) is 0 Å². The normalized spacial score (nSPS) is 16.2. The average Bonchev–Trinajstić information content (AvgIpc) is 2.88. The Hall–Kier alpha value is -2.20. The van der Waals surface area contributed by atoms with Crippen molar-refractivity contribution in [1.29, 1.82) is 0 Å². The lowest BCUT2D eigenvalue weighted by atomic mass is 9.75. The van der Waals surface area contributed by atoms with Gasteiger partial charge in [0.05, 0.1) is 6.26 Å². The van der Waals surface area contributed by atoms with Gasteiger partial charge < -0.3 is 0 Å². The molecule has 3 unspecified atom stereocenters. The van der Waals surface area contributed by atoms with Gasteiger partial charge in [-0.25, -0.2) is 22.0 Å². The first-order valence-corrected chi connectivity index (χ1v) is 12.7. The number of halogens is 19. The third-order valence-corrected chi connectivity index (χ3v) is 5.86.